The van der Waals surface area contributed by atoms with Crippen LogP contribution < -0.4 is 5.32 Å². The first-order valence-corrected chi connectivity index (χ1v) is 6.73. The van der Waals surface area contributed by atoms with Gasteiger partial charge in [0.2, 0.25) is 5.91 Å². The lowest BCUT2D eigenvalue weighted by Crippen LogP contribution is -2.48. The molecule has 1 N–H and O–H groups in total. The van der Waals surface area contributed by atoms with E-state index < -0.39 is 0 Å². The molecule has 1 aromatic rings. The molecule has 0 aliphatic carbocycles. The Hall–Kier alpha value is -1.43. The number of rotatable bonds is 1. The van der Waals surface area contributed by atoms with Crippen molar-refractivity contribution in [3.63, 3.8) is 0 Å². The number of carbonyl (C=O) groups excluding carboxylic acids is 1. The van der Waals surface area contributed by atoms with Crippen molar-refractivity contribution in [2.75, 3.05) is 13.1 Å². The SMILES string of the molecule is O=C(C1CCCCCN1)N1CCn2cnnc2C1. The Labute approximate surface area is 106 Å². The highest BCUT2D eigenvalue weighted by molar-refractivity contribution is 5.82. The number of hydrogen-bond donors (Lipinski definition) is 1. The highest BCUT2D eigenvalue weighted by Gasteiger charge is 2.28. The number of nitrogens with zero attached hydrogens (tertiary/aromatic N) is 4. The van der Waals surface area contributed by atoms with Crippen molar-refractivity contribution in [2.45, 2.75) is 44.8 Å². The first kappa shape index (κ1) is 11.6. The lowest BCUT2D eigenvalue weighted by atomic mass is 10.1. The molecule has 1 atom stereocenters. The van der Waals surface area contributed by atoms with Gasteiger partial charge in [-0.15, -0.1) is 10.2 Å². The van der Waals surface area contributed by atoms with E-state index in [-0.39, 0.29) is 11.9 Å². The van der Waals surface area contributed by atoms with Crippen molar-refractivity contribution in [3.8, 4) is 0 Å². The van der Waals surface area contributed by atoms with Crippen LogP contribution in [-0.2, 0) is 17.9 Å². The Morgan fingerprint density at radius 1 is 1.33 bits per heavy atom. The molecule has 1 aromatic heterocycles. The minimum atomic E-state index is 0.00183. The first-order chi connectivity index (χ1) is 8.84. The number of fused-ring (bicyclic) bond motifs is 1. The predicted molar refractivity (Wildman–Crippen MR) is 65.7 cm³/mol. The van der Waals surface area contributed by atoms with Gasteiger partial charge in [-0.05, 0) is 19.4 Å². The second kappa shape index (κ2) is 5.06. The molecule has 0 bridgehead atoms. The van der Waals surface area contributed by atoms with Crippen molar-refractivity contribution < 1.29 is 4.79 Å². The van der Waals surface area contributed by atoms with E-state index in [2.05, 4.69) is 15.5 Å². The van der Waals surface area contributed by atoms with E-state index in [0.29, 0.717) is 6.54 Å². The minimum Gasteiger partial charge on any atom is -0.332 e. The molecule has 0 aromatic carbocycles. The van der Waals surface area contributed by atoms with Crippen LogP contribution in [-0.4, -0.2) is 44.7 Å². The molecular formula is C12H19N5O. The summed E-state index contributed by atoms with van der Waals surface area (Å²) in [5, 5.41) is 11.3. The Bertz CT molecular complexity index is 422. The highest BCUT2D eigenvalue weighted by Crippen LogP contribution is 2.15. The monoisotopic (exact) mass is 249 g/mol. The van der Waals surface area contributed by atoms with Crippen molar-refractivity contribution >= 4 is 5.91 Å². The Balaban J connectivity index is 1.66. The minimum absolute atomic E-state index is 0.00183. The van der Waals surface area contributed by atoms with Gasteiger partial charge in [0, 0.05) is 13.1 Å². The maximum Gasteiger partial charge on any atom is 0.240 e. The van der Waals surface area contributed by atoms with Crippen LogP contribution in [0.15, 0.2) is 6.33 Å². The molecule has 6 nitrogen and oxygen atoms in total. The van der Waals surface area contributed by atoms with Gasteiger partial charge < -0.3 is 14.8 Å². The van der Waals surface area contributed by atoms with Crippen LogP contribution in [0.5, 0.6) is 0 Å². The summed E-state index contributed by atoms with van der Waals surface area (Å²) in [5.41, 5.74) is 0. The number of amides is 1. The summed E-state index contributed by atoms with van der Waals surface area (Å²) >= 11 is 0. The Morgan fingerprint density at radius 3 is 3.22 bits per heavy atom. The maximum atomic E-state index is 12.4. The second-order valence-corrected chi connectivity index (χ2v) is 5.06. The zero-order valence-electron chi connectivity index (χ0n) is 10.5. The Morgan fingerprint density at radius 2 is 2.28 bits per heavy atom. The van der Waals surface area contributed by atoms with E-state index in [1.54, 1.807) is 6.33 Å². The molecule has 1 unspecified atom stereocenters. The molecule has 0 saturated carbocycles. The summed E-state index contributed by atoms with van der Waals surface area (Å²) in [5.74, 6) is 1.12. The standard InChI is InChI=1S/C12H19N5O/c18-12(10-4-2-1-3-5-13-10)16-6-7-17-9-14-15-11(17)8-16/h9-10,13H,1-8H2. The quantitative estimate of drug-likeness (QED) is 0.769. The highest BCUT2D eigenvalue weighted by atomic mass is 16.2. The van der Waals surface area contributed by atoms with Gasteiger partial charge in [0.1, 0.15) is 6.33 Å². The molecule has 1 fully saturated rings. The van der Waals surface area contributed by atoms with E-state index in [0.717, 1.165) is 38.3 Å². The molecule has 98 valence electrons. The van der Waals surface area contributed by atoms with Crippen molar-refractivity contribution in [1.29, 1.82) is 0 Å². The fraction of sp³-hybridized carbons (Fsp3) is 0.750. The largest absolute Gasteiger partial charge is 0.332 e. The van der Waals surface area contributed by atoms with E-state index in [9.17, 15) is 4.79 Å². The zero-order chi connectivity index (χ0) is 12.4. The molecular weight excluding hydrogens is 230 g/mol. The molecule has 6 heteroatoms. The summed E-state index contributed by atoms with van der Waals surface area (Å²) in [7, 11) is 0. The van der Waals surface area contributed by atoms with Crippen molar-refractivity contribution in [2.24, 2.45) is 0 Å². The van der Waals surface area contributed by atoms with Gasteiger partial charge in [-0.2, -0.15) is 0 Å². The van der Waals surface area contributed by atoms with Gasteiger partial charge >= 0.3 is 0 Å². The van der Waals surface area contributed by atoms with Gasteiger partial charge in [0.25, 0.3) is 0 Å². The smallest absolute Gasteiger partial charge is 0.240 e. The summed E-state index contributed by atoms with van der Waals surface area (Å²) in [6.07, 6.45) is 6.25. The third-order valence-electron chi connectivity index (χ3n) is 3.81. The van der Waals surface area contributed by atoms with Crippen LogP contribution in [0, 0.1) is 0 Å². The molecule has 3 heterocycles. The topological polar surface area (TPSA) is 63.1 Å². The number of carbonyl (C=O) groups is 1. The average Bonchev–Trinajstić information content (AvgIpc) is 2.69. The molecule has 0 radical (unpaired) electrons. The van der Waals surface area contributed by atoms with Gasteiger partial charge in [0.05, 0.1) is 12.6 Å². The molecule has 18 heavy (non-hydrogen) atoms. The fourth-order valence-corrected chi connectivity index (χ4v) is 2.71. The fourth-order valence-electron chi connectivity index (χ4n) is 2.71. The third kappa shape index (κ3) is 2.25. The number of hydrogen-bond acceptors (Lipinski definition) is 4. The van der Waals surface area contributed by atoms with E-state index in [1.165, 1.54) is 12.8 Å². The van der Waals surface area contributed by atoms with Crippen LogP contribution >= 0.6 is 0 Å². The van der Waals surface area contributed by atoms with Crippen molar-refractivity contribution in [3.05, 3.63) is 12.2 Å². The average molecular weight is 249 g/mol. The van der Waals surface area contributed by atoms with Gasteiger partial charge in [0.15, 0.2) is 5.82 Å². The molecule has 2 aliphatic heterocycles. The summed E-state index contributed by atoms with van der Waals surface area (Å²) in [4.78, 5) is 14.4. The van der Waals surface area contributed by atoms with Gasteiger partial charge in [-0.25, -0.2) is 0 Å². The molecule has 1 amide bonds. The first-order valence-electron chi connectivity index (χ1n) is 6.73. The van der Waals surface area contributed by atoms with E-state index in [4.69, 9.17) is 0 Å². The lowest BCUT2D eigenvalue weighted by molar-refractivity contribution is -0.135. The van der Waals surface area contributed by atoms with Gasteiger partial charge in [-0.3, -0.25) is 4.79 Å². The van der Waals surface area contributed by atoms with Crippen molar-refractivity contribution in [1.82, 2.24) is 25.0 Å². The van der Waals surface area contributed by atoms with E-state index in [1.807, 2.05) is 9.47 Å². The van der Waals surface area contributed by atoms with Crippen LogP contribution in [0.1, 0.15) is 31.5 Å². The van der Waals surface area contributed by atoms with Crippen LogP contribution in [0.4, 0.5) is 0 Å². The third-order valence-corrected chi connectivity index (χ3v) is 3.81. The van der Waals surface area contributed by atoms with Crippen LogP contribution in [0.2, 0.25) is 0 Å². The number of nitrogens with one attached hydrogen (secondary N) is 1. The molecule has 0 spiro atoms. The normalized spacial score (nSPS) is 24.4. The summed E-state index contributed by atoms with van der Waals surface area (Å²) in [6.45, 7) is 3.13. The second-order valence-electron chi connectivity index (χ2n) is 5.06. The predicted octanol–water partition coefficient (Wildman–Crippen LogP) is 0.152. The molecule has 1 saturated heterocycles. The summed E-state index contributed by atoms with van der Waals surface area (Å²) in [6, 6.07) is 0.00183. The van der Waals surface area contributed by atoms with Crippen LogP contribution in [0.25, 0.3) is 0 Å². The summed E-state index contributed by atoms with van der Waals surface area (Å²) < 4.78 is 2.02. The van der Waals surface area contributed by atoms with E-state index >= 15 is 0 Å². The zero-order valence-corrected chi connectivity index (χ0v) is 10.5. The van der Waals surface area contributed by atoms with Crippen LogP contribution in [0.3, 0.4) is 0 Å². The number of aromatic nitrogens is 3. The lowest BCUT2D eigenvalue weighted by Gasteiger charge is -2.30. The Kier molecular flexibility index (Phi) is 3.27. The molecule has 3 rings (SSSR count). The van der Waals surface area contributed by atoms with Gasteiger partial charge in [-0.1, -0.05) is 12.8 Å². The molecule has 2 aliphatic rings. The maximum absolute atomic E-state index is 12.4.